The molecule has 23 heavy (non-hydrogen) atoms. The number of nitrogens with zero attached hydrogens (tertiary/aromatic N) is 1. The minimum Gasteiger partial charge on any atom is -0.382 e. The number of nitrogens with one attached hydrogen (secondary N) is 1. The van der Waals surface area contributed by atoms with Crippen LogP contribution in [0.4, 0.5) is 11.4 Å². The Kier molecular flexibility index (Phi) is 7.78. The number of anilines is 2. The van der Waals surface area contributed by atoms with Crippen molar-refractivity contribution in [1.29, 1.82) is 0 Å². The SMILES string of the molecule is CCCCCCN(CCCCCC)c1ccc2c(c1)CC(C)N2. The highest BCUT2D eigenvalue weighted by Crippen LogP contribution is 2.30. The van der Waals surface area contributed by atoms with Crippen LogP contribution < -0.4 is 10.2 Å². The molecule has 0 fully saturated rings. The minimum atomic E-state index is 0.586. The molecule has 2 nitrogen and oxygen atoms in total. The lowest BCUT2D eigenvalue weighted by atomic mass is 10.1. The fourth-order valence-electron chi connectivity index (χ4n) is 3.56. The van der Waals surface area contributed by atoms with E-state index >= 15 is 0 Å². The van der Waals surface area contributed by atoms with Crippen LogP contribution in [0.15, 0.2) is 18.2 Å². The van der Waals surface area contributed by atoms with Gasteiger partial charge >= 0.3 is 0 Å². The Balaban J connectivity index is 1.95. The normalized spacial score (nSPS) is 16.2. The fraction of sp³-hybridized carbons (Fsp3) is 0.714. The smallest absolute Gasteiger partial charge is 0.0377 e. The van der Waals surface area contributed by atoms with Crippen molar-refractivity contribution in [3.63, 3.8) is 0 Å². The summed E-state index contributed by atoms with van der Waals surface area (Å²) in [5.74, 6) is 0. The van der Waals surface area contributed by atoms with E-state index in [0.29, 0.717) is 6.04 Å². The molecule has 0 spiro atoms. The van der Waals surface area contributed by atoms with Crippen LogP contribution in [0.2, 0.25) is 0 Å². The molecule has 1 aromatic rings. The molecular weight excluding hydrogens is 280 g/mol. The Morgan fingerprint density at radius 1 is 0.957 bits per heavy atom. The Morgan fingerprint density at radius 2 is 1.61 bits per heavy atom. The highest BCUT2D eigenvalue weighted by molar-refractivity contribution is 5.64. The molecule has 1 aromatic carbocycles. The summed E-state index contributed by atoms with van der Waals surface area (Å²) < 4.78 is 0. The van der Waals surface area contributed by atoms with Gasteiger partial charge in [-0.2, -0.15) is 0 Å². The third-order valence-electron chi connectivity index (χ3n) is 4.95. The second-order valence-electron chi connectivity index (χ2n) is 7.20. The molecule has 0 bridgehead atoms. The van der Waals surface area contributed by atoms with E-state index in [-0.39, 0.29) is 0 Å². The van der Waals surface area contributed by atoms with Crippen LogP contribution in [0.5, 0.6) is 0 Å². The van der Waals surface area contributed by atoms with E-state index in [1.165, 1.54) is 87.8 Å². The van der Waals surface area contributed by atoms with Gasteiger partial charge in [-0.25, -0.2) is 0 Å². The maximum atomic E-state index is 3.56. The molecule has 1 unspecified atom stereocenters. The number of hydrogen-bond donors (Lipinski definition) is 1. The Labute approximate surface area is 143 Å². The Hall–Kier alpha value is -1.18. The van der Waals surface area contributed by atoms with Gasteiger partial charge in [0.1, 0.15) is 0 Å². The fourth-order valence-corrected chi connectivity index (χ4v) is 3.56. The van der Waals surface area contributed by atoms with Gasteiger partial charge in [-0.3, -0.25) is 0 Å². The second kappa shape index (κ2) is 9.85. The number of fused-ring (bicyclic) bond motifs is 1. The largest absolute Gasteiger partial charge is 0.382 e. The predicted molar refractivity (Wildman–Crippen MR) is 104 cm³/mol. The molecule has 0 saturated carbocycles. The van der Waals surface area contributed by atoms with Crippen LogP contribution in [-0.2, 0) is 6.42 Å². The number of benzene rings is 1. The van der Waals surface area contributed by atoms with Gasteiger partial charge in [0.05, 0.1) is 0 Å². The zero-order valence-corrected chi connectivity index (χ0v) is 15.5. The summed E-state index contributed by atoms with van der Waals surface area (Å²) >= 11 is 0. The average molecular weight is 317 g/mol. The lowest BCUT2D eigenvalue weighted by Gasteiger charge is -2.25. The van der Waals surface area contributed by atoms with Crippen molar-refractivity contribution < 1.29 is 0 Å². The highest BCUT2D eigenvalue weighted by atomic mass is 15.1. The standard InChI is InChI=1S/C21H36N2/c1-4-6-8-10-14-23(15-11-9-7-5-2)20-12-13-21-19(17-20)16-18(3)22-21/h12-13,17-18,22H,4-11,14-16H2,1-3H3. The van der Waals surface area contributed by atoms with Crippen molar-refractivity contribution in [2.75, 3.05) is 23.3 Å². The highest BCUT2D eigenvalue weighted by Gasteiger charge is 2.18. The van der Waals surface area contributed by atoms with Crippen molar-refractivity contribution in [3.8, 4) is 0 Å². The van der Waals surface area contributed by atoms with Crippen LogP contribution >= 0.6 is 0 Å². The van der Waals surface area contributed by atoms with Crippen LogP contribution in [0, 0.1) is 0 Å². The lowest BCUT2D eigenvalue weighted by molar-refractivity contribution is 0.609. The maximum Gasteiger partial charge on any atom is 0.0377 e. The monoisotopic (exact) mass is 316 g/mol. The molecule has 2 heteroatoms. The molecule has 0 amide bonds. The van der Waals surface area contributed by atoms with Crippen LogP contribution in [0.1, 0.15) is 77.7 Å². The molecular formula is C21H36N2. The molecule has 1 aliphatic rings. The third-order valence-corrected chi connectivity index (χ3v) is 4.95. The van der Waals surface area contributed by atoms with E-state index in [4.69, 9.17) is 0 Å². The quantitative estimate of drug-likeness (QED) is 0.503. The Morgan fingerprint density at radius 3 is 2.22 bits per heavy atom. The van der Waals surface area contributed by atoms with Crippen molar-refractivity contribution in [2.24, 2.45) is 0 Å². The second-order valence-corrected chi connectivity index (χ2v) is 7.20. The van der Waals surface area contributed by atoms with E-state index in [0.717, 1.165) is 0 Å². The van der Waals surface area contributed by atoms with Gasteiger partial charge < -0.3 is 10.2 Å². The van der Waals surface area contributed by atoms with Crippen LogP contribution in [0.3, 0.4) is 0 Å². The first-order valence-corrected chi connectivity index (χ1v) is 9.89. The summed E-state index contributed by atoms with van der Waals surface area (Å²) in [4.78, 5) is 2.63. The lowest BCUT2D eigenvalue weighted by Crippen LogP contribution is -2.25. The average Bonchev–Trinajstić information content (AvgIpc) is 2.92. The molecule has 0 aliphatic carbocycles. The predicted octanol–water partition coefficient (Wildman–Crippen LogP) is 6.01. The van der Waals surface area contributed by atoms with E-state index in [9.17, 15) is 0 Å². The number of unbranched alkanes of at least 4 members (excludes halogenated alkanes) is 6. The zero-order valence-electron chi connectivity index (χ0n) is 15.5. The molecule has 0 radical (unpaired) electrons. The maximum absolute atomic E-state index is 3.56. The van der Waals surface area contributed by atoms with Gasteiger partial charge in [0.15, 0.2) is 0 Å². The van der Waals surface area contributed by atoms with E-state index < -0.39 is 0 Å². The van der Waals surface area contributed by atoms with Gasteiger partial charge in [0, 0.05) is 30.5 Å². The van der Waals surface area contributed by atoms with Crippen molar-refractivity contribution in [1.82, 2.24) is 0 Å². The molecule has 130 valence electrons. The summed E-state index contributed by atoms with van der Waals surface area (Å²) in [6.45, 7) is 9.28. The molecule has 1 heterocycles. The summed E-state index contributed by atoms with van der Waals surface area (Å²) in [5.41, 5.74) is 4.29. The van der Waals surface area contributed by atoms with E-state index in [1.54, 1.807) is 0 Å². The van der Waals surface area contributed by atoms with Crippen LogP contribution in [-0.4, -0.2) is 19.1 Å². The Bertz CT molecular complexity index is 443. The summed E-state index contributed by atoms with van der Waals surface area (Å²) in [6, 6.07) is 7.64. The topological polar surface area (TPSA) is 15.3 Å². The van der Waals surface area contributed by atoms with Crippen molar-refractivity contribution in [2.45, 2.75) is 84.6 Å². The van der Waals surface area contributed by atoms with Gasteiger partial charge in [-0.1, -0.05) is 52.4 Å². The van der Waals surface area contributed by atoms with E-state index in [2.05, 4.69) is 49.2 Å². The number of hydrogen-bond acceptors (Lipinski definition) is 2. The van der Waals surface area contributed by atoms with E-state index in [1.807, 2.05) is 0 Å². The first kappa shape index (κ1) is 18.2. The van der Waals surface area contributed by atoms with Gasteiger partial charge in [0.25, 0.3) is 0 Å². The van der Waals surface area contributed by atoms with Crippen LogP contribution in [0.25, 0.3) is 0 Å². The molecule has 0 saturated heterocycles. The molecule has 0 aromatic heterocycles. The zero-order chi connectivity index (χ0) is 16.5. The van der Waals surface area contributed by atoms with Gasteiger partial charge in [-0.05, 0) is 49.9 Å². The summed E-state index contributed by atoms with van der Waals surface area (Å²) in [7, 11) is 0. The third kappa shape index (κ3) is 5.75. The van der Waals surface area contributed by atoms with Crippen molar-refractivity contribution in [3.05, 3.63) is 23.8 Å². The minimum absolute atomic E-state index is 0.586. The number of rotatable bonds is 11. The molecule has 1 aliphatic heterocycles. The van der Waals surface area contributed by atoms with Gasteiger partial charge in [-0.15, -0.1) is 0 Å². The molecule has 1 N–H and O–H groups in total. The van der Waals surface area contributed by atoms with Gasteiger partial charge in [0.2, 0.25) is 0 Å². The first-order chi connectivity index (χ1) is 11.2. The first-order valence-electron chi connectivity index (χ1n) is 9.89. The van der Waals surface area contributed by atoms with Crippen molar-refractivity contribution >= 4 is 11.4 Å². The molecule has 1 atom stereocenters. The summed E-state index contributed by atoms with van der Waals surface area (Å²) in [5, 5.41) is 3.56. The molecule has 2 rings (SSSR count). The summed E-state index contributed by atoms with van der Waals surface area (Å²) in [6.07, 6.45) is 11.9.